The molecule has 0 heterocycles. The van der Waals surface area contributed by atoms with Gasteiger partial charge in [0.1, 0.15) is 5.75 Å². The van der Waals surface area contributed by atoms with E-state index >= 15 is 0 Å². The average Bonchev–Trinajstić information content (AvgIpc) is 2.45. The Labute approximate surface area is 119 Å². The van der Waals surface area contributed by atoms with Crippen molar-refractivity contribution in [3.63, 3.8) is 0 Å². The monoisotopic (exact) mass is 266 g/mol. The number of aryl methyl sites for hydroxylation is 2. The van der Waals surface area contributed by atoms with Crippen molar-refractivity contribution < 1.29 is 9.53 Å². The van der Waals surface area contributed by atoms with Crippen LogP contribution in [0.1, 0.15) is 27.0 Å². The summed E-state index contributed by atoms with van der Waals surface area (Å²) in [6.07, 6.45) is 3.43. The minimum absolute atomic E-state index is 0.0262. The van der Waals surface area contributed by atoms with Crippen LogP contribution in [0.25, 0.3) is 6.08 Å². The molecule has 0 saturated carbocycles. The van der Waals surface area contributed by atoms with Gasteiger partial charge in [-0.05, 0) is 43.2 Å². The lowest BCUT2D eigenvalue weighted by Crippen LogP contribution is -1.97. The van der Waals surface area contributed by atoms with E-state index < -0.39 is 0 Å². The van der Waals surface area contributed by atoms with Gasteiger partial charge in [0.15, 0.2) is 5.78 Å². The molecule has 2 heteroatoms. The zero-order valence-corrected chi connectivity index (χ0v) is 12.0. The Morgan fingerprint density at radius 2 is 1.75 bits per heavy atom. The highest BCUT2D eigenvalue weighted by Gasteiger charge is 2.05. The molecule has 0 saturated heterocycles. The van der Waals surface area contributed by atoms with Gasteiger partial charge in [-0.1, -0.05) is 42.0 Å². The molecule has 0 aromatic heterocycles. The number of carbonyl (C=O) groups excluding carboxylic acids is 1. The Bertz CT molecular complexity index is 637. The Morgan fingerprint density at radius 3 is 2.35 bits per heavy atom. The van der Waals surface area contributed by atoms with E-state index in [0.717, 1.165) is 28.0 Å². The van der Waals surface area contributed by atoms with E-state index in [1.807, 2.05) is 62.4 Å². The highest BCUT2D eigenvalue weighted by atomic mass is 16.5. The minimum atomic E-state index is 0.0262. The number of methoxy groups -OCH3 is 1. The van der Waals surface area contributed by atoms with Crippen molar-refractivity contribution in [2.24, 2.45) is 0 Å². The van der Waals surface area contributed by atoms with Crippen molar-refractivity contribution in [1.29, 1.82) is 0 Å². The summed E-state index contributed by atoms with van der Waals surface area (Å²) in [5.74, 6) is 0.834. The van der Waals surface area contributed by atoms with Crippen molar-refractivity contribution in [3.05, 3.63) is 70.8 Å². The molecule has 0 unspecified atom stereocenters. The fraction of sp³-hybridized carbons (Fsp3) is 0.167. The molecular weight excluding hydrogens is 248 g/mol. The molecule has 0 N–H and O–H groups in total. The first-order valence-corrected chi connectivity index (χ1v) is 6.54. The molecule has 0 radical (unpaired) electrons. The molecule has 2 nitrogen and oxygen atoms in total. The van der Waals surface area contributed by atoms with Crippen LogP contribution in [0.2, 0.25) is 0 Å². The van der Waals surface area contributed by atoms with Crippen LogP contribution in [0.5, 0.6) is 5.75 Å². The van der Waals surface area contributed by atoms with E-state index in [9.17, 15) is 4.79 Å². The van der Waals surface area contributed by atoms with Crippen LogP contribution in [-0.4, -0.2) is 12.9 Å². The standard InChI is InChI=1S/C18H18O2/c1-13-4-10-17(14(2)12-13)18(19)11-7-15-5-8-16(20-3)9-6-15/h4-12H,1-3H3/b11-7+. The largest absolute Gasteiger partial charge is 0.497 e. The maximum Gasteiger partial charge on any atom is 0.186 e. The highest BCUT2D eigenvalue weighted by Crippen LogP contribution is 2.15. The van der Waals surface area contributed by atoms with Gasteiger partial charge < -0.3 is 4.74 Å². The number of ether oxygens (including phenoxy) is 1. The average molecular weight is 266 g/mol. The maximum atomic E-state index is 12.2. The fourth-order valence-electron chi connectivity index (χ4n) is 2.07. The number of rotatable bonds is 4. The summed E-state index contributed by atoms with van der Waals surface area (Å²) >= 11 is 0. The molecule has 0 aliphatic carbocycles. The van der Waals surface area contributed by atoms with Gasteiger partial charge in [-0.25, -0.2) is 0 Å². The summed E-state index contributed by atoms with van der Waals surface area (Å²) in [7, 11) is 1.63. The van der Waals surface area contributed by atoms with Crippen molar-refractivity contribution in [2.75, 3.05) is 7.11 Å². The Balaban J connectivity index is 2.15. The summed E-state index contributed by atoms with van der Waals surface area (Å²) in [6, 6.07) is 13.5. The van der Waals surface area contributed by atoms with Gasteiger partial charge in [-0.15, -0.1) is 0 Å². The zero-order valence-electron chi connectivity index (χ0n) is 12.0. The lowest BCUT2D eigenvalue weighted by Gasteiger charge is -2.03. The van der Waals surface area contributed by atoms with E-state index in [4.69, 9.17) is 4.74 Å². The fourth-order valence-corrected chi connectivity index (χ4v) is 2.07. The van der Waals surface area contributed by atoms with Crippen LogP contribution < -0.4 is 4.74 Å². The van der Waals surface area contributed by atoms with Gasteiger partial charge in [0.25, 0.3) is 0 Å². The lowest BCUT2D eigenvalue weighted by atomic mass is 10.0. The molecular formula is C18H18O2. The van der Waals surface area contributed by atoms with Gasteiger partial charge in [-0.3, -0.25) is 4.79 Å². The van der Waals surface area contributed by atoms with E-state index in [-0.39, 0.29) is 5.78 Å². The second-order valence-corrected chi connectivity index (χ2v) is 4.79. The number of benzene rings is 2. The second kappa shape index (κ2) is 6.20. The lowest BCUT2D eigenvalue weighted by molar-refractivity contribution is 0.104. The molecule has 20 heavy (non-hydrogen) atoms. The SMILES string of the molecule is COc1ccc(/C=C/C(=O)c2ccc(C)cc2C)cc1. The Hall–Kier alpha value is -2.35. The van der Waals surface area contributed by atoms with Gasteiger partial charge in [0.05, 0.1) is 7.11 Å². The predicted octanol–water partition coefficient (Wildman–Crippen LogP) is 4.21. The molecule has 0 spiro atoms. The maximum absolute atomic E-state index is 12.2. The van der Waals surface area contributed by atoms with Crippen molar-refractivity contribution in [3.8, 4) is 5.75 Å². The van der Waals surface area contributed by atoms with E-state index in [2.05, 4.69) is 0 Å². The molecule has 2 aromatic rings. The van der Waals surface area contributed by atoms with Crippen LogP contribution in [0.15, 0.2) is 48.5 Å². The van der Waals surface area contributed by atoms with Crippen molar-refractivity contribution in [1.82, 2.24) is 0 Å². The van der Waals surface area contributed by atoms with Gasteiger partial charge in [-0.2, -0.15) is 0 Å². The number of allylic oxidation sites excluding steroid dienone is 1. The first-order valence-electron chi connectivity index (χ1n) is 6.54. The normalized spacial score (nSPS) is 10.8. The van der Waals surface area contributed by atoms with Crippen molar-refractivity contribution >= 4 is 11.9 Å². The van der Waals surface area contributed by atoms with Crippen LogP contribution in [0, 0.1) is 13.8 Å². The van der Waals surface area contributed by atoms with Crippen LogP contribution in [-0.2, 0) is 0 Å². The third-order valence-corrected chi connectivity index (χ3v) is 3.19. The number of hydrogen-bond acceptors (Lipinski definition) is 2. The smallest absolute Gasteiger partial charge is 0.186 e. The molecule has 0 fully saturated rings. The summed E-state index contributed by atoms with van der Waals surface area (Å²) in [5, 5.41) is 0. The van der Waals surface area contributed by atoms with E-state index in [0.29, 0.717) is 0 Å². The Morgan fingerprint density at radius 1 is 1.05 bits per heavy atom. The number of ketones is 1. The predicted molar refractivity (Wildman–Crippen MR) is 82.3 cm³/mol. The van der Waals surface area contributed by atoms with Gasteiger partial charge in [0.2, 0.25) is 0 Å². The molecule has 0 atom stereocenters. The van der Waals surface area contributed by atoms with Crippen LogP contribution >= 0.6 is 0 Å². The molecule has 0 aliphatic rings. The summed E-state index contributed by atoms with van der Waals surface area (Å²) < 4.78 is 5.10. The molecule has 0 amide bonds. The Kier molecular flexibility index (Phi) is 4.36. The quantitative estimate of drug-likeness (QED) is 0.612. The first kappa shape index (κ1) is 14.1. The van der Waals surface area contributed by atoms with Crippen LogP contribution in [0.4, 0.5) is 0 Å². The highest BCUT2D eigenvalue weighted by molar-refractivity contribution is 6.07. The van der Waals surface area contributed by atoms with Gasteiger partial charge >= 0.3 is 0 Å². The van der Waals surface area contributed by atoms with Crippen molar-refractivity contribution in [2.45, 2.75) is 13.8 Å². The summed E-state index contributed by atoms with van der Waals surface area (Å²) in [5.41, 5.74) is 3.90. The van der Waals surface area contributed by atoms with Crippen LogP contribution in [0.3, 0.4) is 0 Å². The zero-order chi connectivity index (χ0) is 14.5. The summed E-state index contributed by atoms with van der Waals surface area (Å²) in [4.78, 5) is 12.2. The van der Waals surface area contributed by atoms with Gasteiger partial charge in [0, 0.05) is 5.56 Å². The topological polar surface area (TPSA) is 26.3 Å². The molecule has 0 bridgehead atoms. The number of hydrogen-bond donors (Lipinski definition) is 0. The molecule has 102 valence electrons. The second-order valence-electron chi connectivity index (χ2n) is 4.79. The summed E-state index contributed by atoms with van der Waals surface area (Å²) in [6.45, 7) is 3.98. The molecule has 2 aromatic carbocycles. The minimum Gasteiger partial charge on any atom is -0.497 e. The first-order chi connectivity index (χ1) is 9.60. The molecule has 2 rings (SSSR count). The number of carbonyl (C=O) groups is 1. The third kappa shape index (κ3) is 3.35. The molecule has 0 aliphatic heterocycles. The third-order valence-electron chi connectivity index (χ3n) is 3.19. The van der Waals surface area contributed by atoms with E-state index in [1.165, 1.54) is 0 Å². The van der Waals surface area contributed by atoms with E-state index in [1.54, 1.807) is 13.2 Å².